The van der Waals surface area contributed by atoms with Crippen molar-refractivity contribution in [3.8, 4) is 5.69 Å². The van der Waals surface area contributed by atoms with Crippen molar-refractivity contribution in [3.05, 3.63) is 46.8 Å². The number of rotatable bonds is 6. The molecule has 1 heterocycles. The number of benzene rings is 1. The molecule has 0 bridgehead atoms. The number of nitrogens with zero attached hydrogens (tertiary/aromatic N) is 2. The molecule has 0 unspecified atom stereocenters. The van der Waals surface area contributed by atoms with Gasteiger partial charge in [0, 0.05) is 0 Å². The van der Waals surface area contributed by atoms with E-state index in [1.807, 2.05) is 19.9 Å². The molecule has 0 radical (unpaired) electrons. The second kappa shape index (κ2) is 7.02. The summed E-state index contributed by atoms with van der Waals surface area (Å²) in [5.41, 5.74) is 3.22. The van der Waals surface area contributed by atoms with Crippen LogP contribution < -0.4 is 0 Å². The molecule has 5 heteroatoms. The highest BCUT2D eigenvalue weighted by atomic mass is 16.5. The minimum absolute atomic E-state index is 0.340. The molecular formula is C17H20N2O3. The van der Waals surface area contributed by atoms with Crippen LogP contribution in [0.3, 0.4) is 0 Å². The Bertz CT molecular complexity index is 689. The Morgan fingerprint density at radius 3 is 2.77 bits per heavy atom. The van der Waals surface area contributed by atoms with Crippen LogP contribution in [0.15, 0.2) is 24.3 Å². The zero-order valence-corrected chi connectivity index (χ0v) is 13.1. The second-order valence-electron chi connectivity index (χ2n) is 5.15. The molecule has 22 heavy (non-hydrogen) atoms. The molecule has 0 aliphatic carbocycles. The van der Waals surface area contributed by atoms with E-state index in [1.54, 1.807) is 29.8 Å². The Kier molecular flexibility index (Phi) is 5.09. The lowest BCUT2D eigenvalue weighted by Gasteiger charge is -2.08. The normalized spacial score (nSPS) is 10.5. The van der Waals surface area contributed by atoms with E-state index in [4.69, 9.17) is 4.74 Å². The SMILES string of the molecule is CCCCOC(=O)c1cccc(-n2nc(C)c(C=O)c2C)c1. The third-order valence-corrected chi connectivity index (χ3v) is 3.52. The third kappa shape index (κ3) is 3.24. The van der Waals surface area contributed by atoms with Crippen LogP contribution in [-0.2, 0) is 4.74 Å². The van der Waals surface area contributed by atoms with Crippen molar-refractivity contribution < 1.29 is 14.3 Å². The largest absolute Gasteiger partial charge is 0.462 e. The fourth-order valence-corrected chi connectivity index (χ4v) is 2.23. The quantitative estimate of drug-likeness (QED) is 0.467. The highest BCUT2D eigenvalue weighted by molar-refractivity contribution is 5.90. The summed E-state index contributed by atoms with van der Waals surface area (Å²) in [7, 11) is 0. The molecule has 0 amide bonds. The van der Waals surface area contributed by atoms with Gasteiger partial charge in [0.15, 0.2) is 6.29 Å². The minimum atomic E-state index is -0.340. The molecule has 2 rings (SSSR count). The fraction of sp³-hybridized carbons (Fsp3) is 0.353. The Hall–Kier alpha value is -2.43. The van der Waals surface area contributed by atoms with Gasteiger partial charge in [-0.15, -0.1) is 0 Å². The Labute approximate surface area is 129 Å². The van der Waals surface area contributed by atoms with Crippen LogP contribution in [0.4, 0.5) is 0 Å². The minimum Gasteiger partial charge on any atom is -0.462 e. The summed E-state index contributed by atoms with van der Waals surface area (Å²) < 4.78 is 6.88. The number of carbonyl (C=O) groups is 2. The number of aldehydes is 1. The van der Waals surface area contributed by atoms with Crippen LogP contribution in [0, 0.1) is 13.8 Å². The molecule has 0 spiro atoms. The standard InChI is InChI=1S/C17H20N2O3/c1-4-5-9-22-17(21)14-7-6-8-15(10-14)19-13(3)16(11-20)12(2)18-19/h6-8,10-11H,4-5,9H2,1-3H3. The maximum absolute atomic E-state index is 12.0. The molecule has 1 aromatic carbocycles. The average molecular weight is 300 g/mol. The van der Waals surface area contributed by atoms with Gasteiger partial charge in [0.1, 0.15) is 0 Å². The number of ether oxygens (including phenoxy) is 1. The van der Waals surface area contributed by atoms with Crippen molar-refractivity contribution in [2.75, 3.05) is 6.61 Å². The third-order valence-electron chi connectivity index (χ3n) is 3.52. The molecule has 0 aliphatic heterocycles. The van der Waals surface area contributed by atoms with Crippen LogP contribution in [0.25, 0.3) is 5.69 Å². The summed E-state index contributed by atoms with van der Waals surface area (Å²) in [5, 5.41) is 4.36. The average Bonchev–Trinajstić information content (AvgIpc) is 2.81. The van der Waals surface area contributed by atoms with Crippen LogP contribution >= 0.6 is 0 Å². The number of esters is 1. The van der Waals surface area contributed by atoms with E-state index in [-0.39, 0.29) is 5.97 Å². The highest BCUT2D eigenvalue weighted by Crippen LogP contribution is 2.18. The molecule has 0 N–H and O–H groups in total. The number of aromatic nitrogens is 2. The number of carbonyl (C=O) groups excluding carboxylic acids is 2. The Morgan fingerprint density at radius 2 is 2.14 bits per heavy atom. The van der Waals surface area contributed by atoms with Crippen molar-refractivity contribution in [1.29, 1.82) is 0 Å². The van der Waals surface area contributed by atoms with Crippen LogP contribution in [-0.4, -0.2) is 28.6 Å². The first-order valence-corrected chi connectivity index (χ1v) is 7.37. The first kappa shape index (κ1) is 15.9. The molecular weight excluding hydrogens is 280 g/mol. The molecule has 2 aromatic rings. The lowest BCUT2D eigenvalue weighted by atomic mass is 10.2. The first-order valence-electron chi connectivity index (χ1n) is 7.37. The van der Waals surface area contributed by atoms with Crippen molar-refractivity contribution in [2.45, 2.75) is 33.6 Å². The van der Waals surface area contributed by atoms with E-state index in [9.17, 15) is 9.59 Å². The maximum atomic E-state index is 12.0. The Morgan fingerprint density at radius 1 is 1.36 bits per heavy atom. The Balaban J connectivity index is 2.29. The van der Waals surface area contributed by atoms with Gasteiger partial charge in [0.25, 0.3) is 0 Å². The zero-order chi connectivity index (χ0) is 16.1. The van der Waals surface area contributed by atoms with E-state index in [0.29, 0.717) is 23.4 Å². The lowest BCUT2D eigenvalue weighted by Crippen LogP contribution is -2.08. The topological polar surface area (TPSA) is 61.2 Å². The van der Waals surface area contributed by atoms with E-state index < -0.39 is 0 Å². The molecule has 116 valence electrons. The smallest absolute Gasteiger partial charge is 0.338 e. The summed E-state index contributed by atoms with van der Waals surface area (Å²) >= 11 is 0. The van der Waals surface area contributed by atoms with Gasteiger partial charge in [-0.3, -0.25) is 4.79 Å². The maximum Gasteiger partial charge on any atom is 0.338 e. The van der Waals surface area contributed by atoms with Gasteiger partial charge in [-0.25, -0.2) is 9.48 Å². The summed E-state index contributed by atoms with van der Waals surface area (Å²) in [6.45, 7) is 6.09. The summed E-state index contributed by atoms with van der Waals surface area (Å²) in [4.78, 5) is 23.1. The van der Waals surface area contributed by atoms with Crippen molar-refractivity contribution >= 4 is 12.3 Å². The lowest BCUT2D eigenvalue weighted by molar-refractivity contribution is 0.0499. The number of hydrogen-bond donors (Lipinski definition) is 0. The molecule has 5 nitrogen and oxygen atoms in total. The van der Waals surface area contributed by atoms with Gasteiger partial charge in [0.05, 0.1) is 34.8 Å². The first-order chi connectivity index (χ1) is 10.6. The molecule has 0 aliphatic rings. The van der Waals surface area contributed by atoms with E-state index in [1.165, 1.54) is 0 Å². The predicted molar refractivity (Wildman–Crippen MR) is 83.6 cm³/mol. The molecule has 1 aromatic heterocycles. The van der Waals surface area contributed by atoms with E-state index in [2.05, 4.69) is 5.10 Å². The molecule has 0 saturated carbocycles. The van der Waals surface area contributed by atoms with Crippen molar-refractivity contribution in [3.63, 3.8) is 0 Å². The van der Waals surface area contributed by atoms with E-state index >= 15 is 0 Å². The van der Waals surface area contributed by atoms with Crippen molar-refractivity contribution in [1.82, 2.24) is 9.78 Å². The van der Waals surface area contributed by atoms with Gasteiger partial charge in [-0.05, 0) is 38.5 Å². The van der Waals surface area contributed by atoms with Crippen LogP contribution in [0.1, 0.15) is 51.9 Å². The van der Waals surface area contributed by atoms with Gasteiger partial charge in [0.2, 0.25) is 0 Å². The number of unbranched alkanes of at least 4 members (excludes halogenated alkanes) is 1. The van der Waals surface area contributed by atoms with Gasteiger partial charge < -0.3 is 4.74 Å². The van der Waals surface area contributed by atoms with Gasteiger partial charge >= 0.3 is 5.97 Å². The summed E-state index contributed by atoms with van der Waals surface area (Å²) in [6, 6.07) is 7.06. The monoisotopic (exact) mass is 300 g/mol. The highest BCUT2D eigenvalue weighted by Gasteiger charge is 2.14. The second-order valence-corrected chi connectivity index (χ2v) is 5.15. The number of aryl methyl sites for hydroxylation is 1. The predicted octanol–water partition coefficient (Wildman–Crippen LogP) is 3.26. The van der Waals surface area contributed by atoms with Crippen LogP contribution in [0.2, 0.25) is 0 Å². The van der Waals surface area contributed by atoms with Crippen LogP contribution in [0.5, 0.6) is 0 Å². The fourth-order valence-electron chi connectivity index (χ4n) is 2.23. The molecule has 0 fully saturated rings. The summed E-state index contributed by atoms with van der Waals surface area (Å²) in [6.07, 6.45) is 2.64. The number of hydrogen-bond acceptors (Lipinski definition) is 4. The van der Waals surface area contributed by atoms with Gasteiger partial charge in [-0.1, -0.05) is 19.4 Å². The van der Waals surface area contributed by atoms with Crippen molar-refractivity contribution in [2.24, 2.45) is 0 Å². The zero-order valence-electron chi connectivity index (χ0n) is 13.1. The molecule has 0 saturated heterocycles. The summed E-state index contributed by atoms with van der Waals surface area (Å²) in [5.74, 6) is -0.340. The molecule has 0 atom stereocenters. The van der Waals surface area contributed by atoms with E-state index in [0.717, 1.165) is 30.5 Å². The van der Waals surface area contributed by atoms with Gasteiger partial charge in [-0.2, -0.15) is 5.10 Å².